The summed E-state index contributed by atoms with van der Waals surface area (Å²) >= 11 is 0. The van der Waals surface area contributed by atoms with Crippen molar-refractivity contribution < 1.29 is 9.22 Å². The summed E-state index contributed by atoms with van der Waals surface area (Å²) in [6.45, 7) is 17.3. The molecule has 0 aliphatic heterocycles. The lowest BCUT2D eigenvalue weighted by atomic mass is 10.2. The van der Waals surface area contributed by atoms with Crippen molar-refractivity contribution >= 4 is 16.6 Å². The number of aliphatic hydroxyl groups is 1. The van der Waals surface area contributed by atoms with Crippen molar-refractivity contribution in [3.8, 4) is 0 Å². The Hall–Kier alpha value is 0.0938. The maximum Gasteiger partial charge on any atom is 0.170 e. The number of rotatable bonds is 6. The van der Waals surface area contributed by atoms with Gasteiger partial charge in [-0.25, -0.2) is 0 Å². The van der Waals surface area contributed by atoms with Crippen molar-refractivity contribution in [2.24, 2.45) is 0 Å². The predicted molar refractivity (Wildman–Crippen MR) is 78.9 cm³/mol. The quantitative estimate of drug-likeness (QED) is 0.445. The van der Waals surface area contributed by atoms with Gasteiger partial charge in [0.05, 0.1) is 0 Å². The van der Waals surface area contributed by atoms with Gasteiger partial charge in [0.15, 0.2) is 16.6 Å². The third-order valence-electron chi connectivity index (χ3n) is 1.43. The predicted octanol–water partition coefficient (Wildman–Crippen LogP) is 4.01. The Labute approximate surface area is 104 Å². The van der Waals surface area contributed by atoms with Crippen LogP contribution in [-0.2, 0) is 4.12 Å². The Bertz CT molecular complexity index is 157. The molecule has 2 nitrogen and oxygen atoms in total. The lowest BCUT2D eigenvalue weighted by Crippen LogP contribution is -2.39. The number of hydrogen-bond acceptors (Lipinski definition) is 2. The van der Waals surface area contributed by atoms with Crippen molar-refractivity contribution in [3.05, 3.63) is 12.7 Å². The maximum atomic E-state index is 8.26. The summed E-state index contributed by atoms with van der Waals surface area (Å²) in [4.78, 5) is 0. The van der Waals surface area contributed by atoms with Gasteiger partial charge in [-0.15, -0.1) is 6.58 Å². The highest BCUT2D eigenvalue weighted by Gasteiger charge is 2.24. The van der Waals surface area contributed by atoms with Crippen molar-refractivity contribution in [3.63, 3.8) is 0 Å². The van der Waals surface area contributed by atoms with E-state index >= 15 is 0 Å². The molecule has 0 aliphatic rings. The van der Waals surface area contributed by atoms with Gasteiger partial charge in [-0.1, -0.05) is 6.08 Å². The van der Waals surface area contributed by atoms with Crippen LogP contribution in [0.2, 0.25) is 39.3 Å². The Morgan fingerprint density at radius 3 is 1.62 bits per heavy atom. The number of allylic oxidation sites excluding steroid dienone is 1. The average Bonchev–Trinajstić information content (AvgIpc) is 1.99. The molecule has 0 fully saturated rings. The molecule has 0 aromatic heterocycles. The average molecular weight is 263 g/mol. The second kappa shape index (κ2) is 9.16. The molecular formula is C12H30O2Si2. The van der Waals surface area contributed by atoms with E-state index in [9.17, 15) is 0 Å². The molecule has 0 aromatic rings. The zero-order valence-electron chi connectivity index (χ0n) is 12.0. The van der Waals surface area contributed by atoms with E-state index in [1.807, 2.05) is 6.08 Å². The highest BCUT2D eigenvalue weighted by Crippen LogP contribution is 2.12. The molecule has 0 saturated heterocycles. The fraction of sp³-hybridized carbons (Fsp3) is 0.833. The highest BCUT2D eigenvalue weighted by molar-refractivity contribution is 6.83. The second-order valence-corrected chi connectivity index (χ2v) is 15.1. The van der Waals surface area contributed by atoms with Gasteiger partial charge in [-0.05, 0) is 58.5 Å². The molecule has 0 radical (unpaired) electrons. The van der Waals surface area contributed by atoms with Gasteiger partial charge in [0.2, 0.25) is 0 Å². The first-order valence-corrected chi connectivity index (χ1v) is 12.9. The lowest BCUT2D eigenvalue weighted by molar-refractivity contribution is 0.285. The molecule has 0 aromatic carbocycles. The molecule has 0 unspecified atom stereocenters. The van der Waals surface area contributed by atoms with Crippen LogP contribution in [0.25, 0.3) is 0 Å². The topological polar surface area (TPSA) is 29.5 Å². The van der Waals surface area contributed by atoms with Crippen molar-refractivity contribution in [2.45, 2.75) is 58.5 Å². The molecule has 0 atom stereocenters. The van der Waals surface area contributed by atoms with E-state index in [0.717, 1.165) is 19.3 Å². The van der Waals surface area contributed by atoms with Crippen molar-refractivity contribution in [1.82, 2.24) is 0 Å². The minimum atomic E-state index is -1.23. The smallest absolute Gasteiger partial charge is 0.170 e. The molecule has 0 aliphatic carbocycles. The summed E-state index contributed by atoms with van der Waals surface area (Å²) < 4.78 is 5.90. The zero-order valence-corrected chi connectivity index (χ0v) is 14.0. The second-order valence-electron chi connectivity index (χ2n) is 5.83. The molecule has 0 rings (SSSR count). The molecule has 16 heavy (non-hydrogen) atoms. The van der Waals surface area contributed by atoms with Crippen LogP contribution in [0.4, 0.5) is 0 Å². The summed E-state index contributed by atoms with van der Waals surface area (Å²) in [5.74, 6) is 0. The standard InChI is InChI=1S/C6H18OSi2.C6H12O/c1-8(2,3)7-9(4,5)6;1-2-3-4-5-6-7/h1-6H3;2,7H,1,3-6H2. The maximum absolute atomic E-state index is 8.26. The molecule has 0 spiro atoms. The summed E-state index contributed by atoms with van der Waals surface area (Å²) in [7, 11) is -2.46. The summed E-state index contributed by atoms with van der Waals surface area (Å²) in [5.41, 5.74) is 0. The lowest BCUT2D eigenvalue weighted by Gasteiger charge is -2.27. The molecule has 4 heteroatoms. The van der Waals surface area contributed by atoms with Gasteiger partial charge in [0.25, 0.3) is 0 Å². The van der Waals surface area contributed by atoms with E-state index in [1.165, 1.54) is 0 Å². The monoisotopic (exact) mass is 262 g/mol. The van der Waals surface area contributed by atoms with Crippen LogP contribution >= 0.6 is 0 Å². The first-order chi connectivity index (χ1) is 7.12. The largest absolute Gasteiger partial charge is 0.456 e. The van der Waals surface area contributed by atoms with Gasteiger partial charge in [0, 0.05) is 6.61 Å². The molecule has 98 valence electrons. The van der Waals surface area contributed by atoms with Crippen molar-refractivity contribution in [1.29, 1.82) is 0 Å². The van der Waals surface area contributed by atoms with Crippen LogP contribution in [0.3, 0.4) is 0 Å². The zero-order chi connectivity index (χ0) is 13.2. The Kier molecular flexibility index (Phi) is 10.6. The van der Waals surface area contributed by atoms with Crippen LogP contribution < -0.4 is 0 Å². The van der Waals surface area contributed by atoms with Gasteiger partial charge < -0.3 is 9.22 Å². The first kappa shape index (κ1) is 18.5. The van der Waals surface area contributed by atoms with Gasteiger partial charge >= 0.3 is 0 Å². The summed E-state index contributed by atoms with van der Waals surface area (Å²) in [6.07, 6.45) is 4.88. The molecule has 0 amide bonds. The van der Waals surface area contributed by atoms with Gasteiger partial charge in [0.1, 0.15) is 0 Å². The van der Waals surface area contributed by atoms with Gasteiger partial charge in [-0.3, -0.25) is 0 Å². The molecule has 0 saturated carbocycles. The number of aliphatic hydroxyl groups excluding tert-OH is 1. The van der Waals surface area contributed by atoms with E-state index in [1.54, 1.807) is 0 Å². The summed E-state index contributed by atoms with van der Waals surface area (Å²) in [5, 5.41) is 8.26. The molecule has 1 N–H and O–H groups in total. The van der Waals surface area contributed by atoms with Crippen LogP contribution in [0.15, 0.2) is 12.7 Å². The fourth-order valence-corrected chi connectivity index (χ4v) is 8.67. The normalized spacial score (nSPS) is 11.7. The van der Waals surface area contributed by atoms with Gasteiger partial charge in [-0.2, -0.15) is 0 Å². The number of hydrogen-bond donors (Lipinski definition) is 1. The van der Waals surface area contributed by atoms with Crippen LogP contribution in [-0.4, -0.2) is 28.3 Å². The fourth-order valence-electron chi connectivity index (χ4n) is 1.32. The van der Waals surface area contributed by atoms with E-state index < -0.39 is 16.6 Å². The van der Waals surface area contributed by atoms with Crippen molar-refractivity contribution in [2.75, 3.05) is 6.61 Å². The third kappa shape index (κ3) is 23.7. The van der Waals surface area contributed by atoms with E-state index in [2.05, 4.69) is 45.9 Å². The number of unbranched alkanes of at least 4 members (excludes halogenated alkanes) is 2. The molecule has 0 heterocycles. The highest BCUT2D eigenvalue weighted by atomic mass is 28.4. The SMILES string of the molecule is C=CCCCCO.C[Si](C)(C)O[Si](C)(C)C. The molecular weight excluding hydrogens is 232 g/mol. The van der Waals surface area contributed by atoms with Crippen LogP contribution in [0, 0.1) is 0 Å². The third-order valence-corrected chi connectivity index (χ3v) is 6.33. The Morgan fingerprint density at radius 2 is 1.44 bits per heavy atom. The molecule has 0 bridgehead atoms. The first-order valence-electron chi connectivity index (χ1n) is 6.04. The van der Waals surface area contributed by atoms with E-state index in [4.69, 9.17) is 9.22 Å². The minimum Gasteiger partial charge on any atom is -0.456 e. The minimum absolute atomic E-state index is 0.313. The van der Waals surface area contributed by atoms with Crippen LogP contribution in [0.1, 0.15) is 19.3 Å². The van der Waals surface area contributed by atoms with Crippen LogP contribution in [0.5, 0.6) is 0 Å². The Morgan fingerprint density at radius 1 is 1.00 bits per heavy atom. The van der Waals surface area contributed by atoms with E-state index in [0.29, 0.717) is 6.61 Å². The summed E-state index contributed by atoms with van der Waals surface area (Å²) in [6, 6.07) is 0. The Balaban J connectivity index is 0. The van der Waals surface area contributed by atoms with E-state index in [-0.39, 0.29) is 0 Å².